The second-order valence-electron chi connectivity index (χ2n) is 7.36. The van der Waals surface area contributed by atoms with Gasteiger partial charge in [-0.2, -0.15) is 0 Å². The fourth-order valence-corrected chi connectivity index (χ4v) is 3.74. The first-order chi connectivity index (χ1) is 13.6. The van der Waals surface area contributed by atoms with Crippen LogP contribution in [-0.2, 0) is 17.8 Å². The highest BCUT2D eigenvalue weighted by molar-refractivity contribution is 5.94. The number of hydrogen-bond acceptors (Lipinski definition) is 3. The lowest BCUT2D eigenvalue weighted by molar-refractivity contribution is -0.133. The largest absolute Gasteiger partial charge is 0.336 e. The van der Waals surface area contributed by atoms with Gasteiger partial charge in [0.2, 0.25) is 5.91 Å². The number of aromatic nitrogens is 1. The van der Waals surface area contributed by atoms with E-state index in [0.29, 0.717) is 31.6 Å². The van der Waals surface area contributed by atoms with Gasteiger partial charge in [-0.25, -0.2) is 0 Å². The van der Waals surface area contributed by atoms with Crippen molar-refractivity contribution in [2.75, 3.05) is 13.1 Å². The lowest BCUT2D eigenvalue weighted by Gasteiger charge is -2.31. The first kappa shape index (κ1) is 20.1. The molecule has 148 valence electrons. The van der Waals surface area contributed by atoms with Crippen molar-refractivity contribution >= 4 is 11.8 Å². The molecule has 1 aromatic heterocycles. The van der Waals surface area contributed by atoms with Crippen molar-refractivity contribution < 1.29 is 9.59 Å². The summed E-state index contributed by atoms with van der Waals surface area (Å²) in [4.78, 5) is 34.0. The third kappa shape index (κ3) is 4.77. The summed E-state index contributed by atoms with van der Waals surface area (Å²) in [6.07, 6.45) is 4.75. The molecule has 0 spiro atoms. The number of benzene rings is 1. The second kappa shape index (κ2) is 9.49. The first-order valence-corrected chi connectivity index (χ1v) is 10.2. The minimum Gasteiger partial charge on any atom is -0.336 e. The summed E-state index contributed by atoms with van der Waals surface area (Å²) in [6, 6.07) is 13.7. The Hall–Kier alpha value is -2.69. The maximum atomic E-state index is 13.1. The van der Waals surface area contributed by atoms with Crippen LogP contribution in [-0.4, -0.2) is 45.7 Å². The SMILES string of the molecule is CCCc1cc(C(=O)N2CCC(=O)N(Cc3ccccc3)[C@@H](CC)C2)ccn1. The molecule has 0 N–H and O–H groups in total. The quantitative estimate of drug-likeness (QED) is 0.769. The Morgan fingerprint density at radius 1 is 1.18 bits per heavy atom. The molecule has 1 fully saturated rings. The Labute approximate surface area is 167 Å². The van der Waals surface area contributed by atoms with E-state index >= 15 is 0 Å². The normalized spacial score (nSPS) is 17.5. The molecule has 0 radical (unpaired) electrons. The topological polar surface area (TPSA) is 53.5 Å². The molecule has 0 bridgehead atoms. The highest BCUT2D eigenvalue weighted by Gasteiger charge is 2.31. The van der Waals surface area contributed by atoms with Gasteiger partial charge < -0.3 is 9.80 Å². The number of pyridine rings is 1. The van der Waals surface area contributed by atoms with E-state index in [1.807, 2.05) is 46.2 Å². The molecule has 5 heteroatoms. The summed E-state index contributed by atoms with van der Waals surface area (Å²) in [7, 11) is 0. The fourth-order valence-electron chi connectivity index (χ4n) is 3.74. The van der Waals surface area contributed by atoms with Crippen molar-refractivity contribution in [3.05, 3.63) is 65.5 Å². The van der Waals surface area contributed by atoms with E-state index in [1.54, 1.807) is 12.3 Å². The lowest BCUT2D eigenvalue weighted by atomic mass is 10.1. The van der Waals surface area contributed by atoms with Crippen molar-refractivity contribution in [3.63, 3.8) is 0 Å². The number of carbonyl (C=O) groups is 2. The molecule has 2 amide bonds. The zero-order valence-electron chi connectivity index (χ0n) is 16.8. The molecule has 2 aromatic rings. The van der Waals surface area contributed by atoms with Crippen LogP contribution >= 0.6 is 0 Å². The third-order valence-corrected chi connectivity index (χ3v) is 5.31. The average molecular weight is 380 g/mol. The molecule has 5 nitrogen and oxygen atoms in total. The van der Waals surface area contributed by atoms with Crippen molar-refractivity contribution in [2.24, 2.45) is 0 Å². The standard InChI is InChI=1S/C23H29N3O2/c1-3-8-20-15-19(11-13-24-20)23(28)25-14-12-22(27)26(21(4-2)17-25)16-18-9-6-5-7-10-18/h5-7,9-11,13,15,21H,3-4,8,12,14,16-17H2,1-2H3/t21-/m0/s1. The predicted molar refractivity (Wildman–Crippen MR) is 110 cm³/mol. The summed E-state index contributed by atoms with van der Waals surface area (Å²) in [6.45, 7) is 5.81. The van der Waals surface area contributed by atoms with Gasteiger partial charge in [0.25, 0.3) is 5.91 Å². The van der Waals surface area contributed by atoms with E-state index in [4.69, 9.17) is 0 Å². The van der Waals surface area contributed by atoms with Gasteiger partial charge >= 0.3 is 0 Å². The summed E-state index contributed by atoms with van der Waals surface area (Å²) in [5.41, 5.74) is 2.72. The van der Waals surface area contributed by atoms with E-state index < -0.39 is 0 Å². The number of carbonyl (C=O) groups excluding carboxylic acids is 2. The molecule has 1 aliphatic heterocycles. The molecule has 28 heavy (non-hydrogen) atoms. The molecule has 3 rings (SSSR count). The summed E-state index contributed by atoms with van der Waals surface area (Å²) in [5.74, 6) is 0.111. The van der Waals surface area contributed by atoms with Gasteiger partial charge in [-0.05, 0) is 30.5 Å². The second-order valence-corrected chi connectivity index (χ2v) is 7.36. The maximum absolute atomic E-state index is 13.1. The van der Waals surface area contributed by atoms with Gasteiger partial charge in [-0.3, -0.25) is 14.6 Å². The predicted octanol–water partition coefficient (Wildman–Crippen LogP) is 3.69. The van der Waals surface area contributed by atoms with Crippen molar-refractivity contribution in [1.29, 1.82) is 0 Å². The zero-order valence-corrected chi connectivity index (χ0v) is 16.8. The molecular formula is C23H29N3O2. The van der Waals surface area contributed by atoms with Crippen LogP contribution in [0.3, 0.4) is 0 Å². The van der Waals surface area contributed by atoms with Crippen LogP contribution < -0.4 is 0 Å². The highest BCUT2D eigenvalue weighted by Crippen LogP contribution is 2.19. The molecule has 1 aromatic carbocycles. The maximum Gasteiger partial charge on any atom is 0.254 e. The summed E-state index contributed by atoms with van der Waals surface area (Å²) in [5, 5.41) is 0. The monoisotopic (exact) mass is 379 g/mol. The van der Waals surface area contributed by atoms with Crippen LogP contribution in [0.25, 0.3) is 0 Å². The summed E-state index contributed by atoms with van der Waals surface area (Å²) < 4.78 is 0. The Kier molecular flexibility index (Phi) is 6.80. The number of amides is 2. The molecule has 1 saturated heterocycles. The molecule has 0 unspecified atom stereocenters. The smallest absolute Gasteiger partial charge is 0.254 e. The van der Waals surface area contributed by atoms with E-state index in [1.165, 1.54) is 0 Å². The molecule has 0 saturated carbocycles. The molecule has 1 atom stereocenters. The van der Waals surface area contributed by atoms with Gasteiger partial charge in [-0.1, -0.05) is 50.6 Å². The molecular weight excluding hydrogens is 350 g/mol. The Balaban J connectivity index is 1.77. The molecule has 1 aliphatic rings. The minimum absolute atomic E-state index is 0.00689. The van der Waals surface area contributed by atoms with Gasteiger partial charge in [0.15, 0.2) is 0 Å². The van der Waals surface area contributed by atoms with E-state index in [2.05, 4.69) is 18.8 Å². The van der Waals surface area contributed by atoms with Gasteiger partial charge in [0, 0.05) is 49.6 Å². The van der Waals surface area contributed by atoms with Crippen LogP contribution in [0.5, 0.6) is 0 Å². The fraction of sp³-hybridized carbons (Fsp3) is 0.435. The Morgan fingerprint density at radius 2 is 1.96 bits per heavy atom. The lowest BCUT2D eigenvalue weighted by Crippen LogP contribution is -2.43. The Bertz CT molecular complexity index is 807. The molecule has 2 heterocycles. The number of rotatable bonds is 6. The van der Waals surface area contributed by atoms with Crippen LogP contribution in [0.15, 0.2) is 48.7 Å². The molecule has 0 aliphatic carbocycles. The van der Waals surface area contributed by atoms with Crippen LogP contribution in [0.1, 0.15) is 54.7 Å². The number of aryl methyl sites for hydroxylation is 1. The minimum atomic E-state index is -0.00689. The summed E-state index contributed by atoms with van der Waals surface area (Å²) >= 11 is 0. The van der Waals surface area contributed by atoms with Gasteiger partial charge in [-0.15, -0.1) is 0 Å². The van der Waals surface area contributed by atoms with Gasteiger partial charge in [0.05, 0.1) is 0 Å². The number of nitrogens with zero attached hydrogens (tertiary/aromatic N) is 3. The van der Waals surface area contributed by atoms with Crippen molar-refractivity contribution in [3.8, 4) is 0 Å². The van der Waals surface area contributed by atoms with E-state index in [0.717, 1.165) is 30.5 Å². The first-order valence-electron chi connectivity index (χ1n) is 10.2. The average Bonchev–Trinajstić information content (AvgIpc) is 2.88. The van der Waals surface area contributed by atoms with Crippen LogP contribution in [0.4, 0.5) is 0 Å². The number of hydrogen-bond donors (Lipinski definition) is 0. The van der Waals surface area contributed by atoms with Crippen LogP contribution in [0.2, 0.25) is 0 Å². The van der Waals surface area contributed by atoms with Gasteiger partial charge in [0.1, 0.15) is 0 Å². The third-order valence-electron chi connectivity index (χ3n) is 5.31. The Morgan fingerprint density at radius 3 is 2.68 bits per heavy atom. The zero-order chi connectivity index (χ0) is 19.9. The van der Waals surface area contributed by atoms with Crippen molar-refractivity contribution in [2.45, 2.75) is 52.1 Å². The van der Waals surface area contributed by atoms with Crippen molar-refractivity contribution in [1.82, 2.24) is 14.8 Å². The van der Waals surface area contributed by atoms with E-state index in [-0.39, 0.29) is 17.9 Å². The van der Waals surface area contributed by atoms with Crippen LogP contribution in [0, 0.1) is 0 Å². The van der Waals surface area contributed by atoms with E-state index in [9.17, 15) is 9.59 Å². The highest BCUT2D eigenvalue weighted by atomic mass is 16.2.